The molecule has 26 heavy (non-hydrogen) atoms. The van der Waals surface area contributed by atoms with Gasteiger partial charge in [-0.1, -0.05) is 49.9 Å². The molecule has 1 aliphatic carbocycles. The minimum atomic E-state index is -0.0342. The number of hydrogen-bond acceptors (Lipinski definition) is 4. The molecule has 1 aromatic heterocycles. The molecule has 0 spiro atoms. The van der Waals surface area contributed by atoms with E-state index in [0.29, 0.717) is 18.3 Å². The van der Waals surface area contributed by atoms with Crippen LogP contribution >= 0.6 is 0 Å². The summed E-state index contributed by atoms with van der Waals surface area (Å²) in [6.07, 6.45) is 11.8. The summed E-state index contributed by atoms with van der Waals surface area (Å²) in [5, 5.41) is 3.48. The first-order valence-electron chi connectivity index (χ1n) is 9.74. The Kier molecular flexibility index (Phi) is 5.14. The van der Waals surface area contributed by atoms with Gasteiger partial charge in [0.15, 0.2) is 0 Å². The Balaban J connectivity index is 1.39. The number of amides is 1. The van der Waals surface area contributed by atoms with E-state index >= 15 is 0 Å². The summed E-state index contributed by atoms with van der Waals surface area (Å²) in [4.78, 5) is 23.5. The molecule has 0 unspecified atom stereocenters. The minimum Gasteiger partial charge on any atom is -0.366 e. The zero-order valence-electron chi connectivity index (χ0n) is 15.2. The summed E-state index contributed by atoms with van der Waals surface area (Å²) in [5.41, 5.74) is 2.99. The Morgan fingerprint density at radius 2 is 1.77 bits per heavy atom. The molecule has 4 rings (SSSR count). The topological polar surface area (TPSA) is 58.1 Å². The molecule has 1 fully saturated rings. The summed E-state index contributed by atoms with van der Waals surface area (Å²) in [5.74, 6) is 0.741. The van der Waals surface area contributed by atoms with Crippen molar-refractivity contribution < 1.29 is 4.79 Å². The maximum absolute atomic E-state index is 12.8. The van der Waals surface area contributed by atoms with Gasteiger partial charge in [-0.3, -0.25) is 4.79 Å². The Hall–Kier alpha value is -2.43. The Morgan fingerprint density at radius 1 is 1.00 bits per heavy atom. The van der Waals surface area contributed by atoms with Crippen molar-refractivity contribution in [2.24, 2.45) is 0 Å². The molecule has 1 aromatic carbocycles. The van der Waals surface area contributed by atoms with E-state index in [2.05, 4.69) is 33.5 Å². The van der Waals surface area contributed by atoms with E-state index in [1.807, 2.05) is 11.0 Å². The maximum atomic E-state index is 12.8. The molecular weight excluding hydrogens is 324 g/mol. The van der Waals surface area contributed by atoms with Crippen molar-refractivity contribution in [3.63, 3.8) is 0 Å². The first-order chi connectivity index (χ1) is 12.8. The van der Waals surface area contributed by atoms with Crippen molar-refractivity contribution in [2.75, 3.05) is 11.9 Å². The first-order valence-corrected chi connectivity index (χ1v) is 9.74. The fourth-order valence-corrected chi connectivity index (χ4v) is 3.98. The van der Waals surface area contributed by atoms with Crippen molar-refractivity contribution in [1.82, 2.24) is 14.9 Å². The number of aromatic nitrogens is 2. The summed E-state index contributed by atoms with van der Waals surface area (Å²) in [6, 6.07) is 8.81. The molecule has 1 saturated carbocycles. The standard InChI is InChI=1S/C21H26N4O/c26-21(25-12-11-16-7-5-6-8-17(16)15-25)19-13-23-20(14-22-19)24-18-9-3-1-2-4-10-18/h5-8,13-14,18H,1-4,9-12,15H2,(H,23,24). The average molecular weight is 350 g/mol. The third-order valence-electron chi connectivity index (χ3n) is 5.50. The highest BCUT2D eigenvalue weighted by Crippen LogP contribution is 2.21. The zero-order valence-corrected chi connectivity index (χ0v) is 15.2. The highest BCUT2D eigenvalue weighted by Gasteiger charge is 2.22. The van der Waals surface area contributed by atoms with Gasteiger partial charge in [-0.25, -0.2) is 9.97 Å². The van der Waals surface area contributed by atoms with Crippen molar-refractivity contribution in [1.29, 1.82) is 0 Å². The Labute approximate surface area is 154 Å². The van der Waals surface area contributed by atoms with Crippen LogP contribution in [0.4, 0.5) is 5.82 Å². The van der Waals surface area contributed by atoms with Gasteiger partial charge in [0.2, 0.25) is 0 Å². The van der Waals surface area contributed by atoms with Gasteiger partial charge in [-0.2, -0.15) is 0 Å². The number of rotatable bonds is 3. The van der Waals surface area contributed by atoms with Crippen LogP contribution in [-0.4, -0.2) is 33.4 Å². The van der Waals surface area contributed by atoms with E-state index in [1.165, 1.54) is 49.7 Å². The maximum Gasteiger partial charge on any atom is 0.274 e. The fraction of sp³-hybridized carbons (Fsp3) is 0.476. The van der Waals surface area contributed by atoms with E-state index in [4.69, 9.17) is 0 Å². The van der Waals surface area contributed by atoms with Gasteiger partial charge in [0.05, 0.1) is 12.4 Å². The second-order valence-corrected chi connectivity index (χ2v) is 7.37. The van der Waals surface area contributed by atoms with Gasteiger partial charge in [-0.15, -0.1) is 0 Å². The van der Waals surface area contributed by atoms with Crippen LogP contribution in [0.15, 0.2) is 36.7 Å². The molecule has 1 N–H and O–H groups in total. The lowest BCUT2D eigenvalue weighted by atomic mass is 10.00. The van der Waals surface area contributed by atoms with Crippen LogP contribution in [0.1, 0.15) is 60.1 Å². The predicted octanol–water partition coefficient (Wildman–Crippen LogP) is 3.81. The number of carbonyl (C=O) groups is 1. The second kappa shape index (κ2) is 7.85. The van der Waals surface area contributed by atoms with Crippen molar-refractivity contribution in [3.8, 4) is 0 Å². The SMILES string of the molecule is O=C(c1cnc(NC2CCCCCC2)cn1)N1CCc2ccccc2C1. The van der Waals surface area contributed by atoms with Crippen LogP contribution in [-0.2, 0) is 13.0 Å². The summed E-state index contributed by atoms with van der Waals surface area (Å²) >= 11 is 0. The van der Waals surface area contributed by atoms with Gasteiger partial charge in [0.25, 0.3) is 5.91 Å². The number of hydrogen-bond donors (Lipinski definition) is 1. The molecule has 0 radical (unpaired) electrons. The monoisotopic (exact) mass is 350 g/mol. The largest absolute Gasteiger partial charge is 0.366 e. The lowest BCUT2D eigenvalue weighted by Gasteiger charge is -2.28. The molecule has 1 aliphatic heterocycles. The lowest BCUT2D eigenvalue weighted by Crippen LogP contribution is -2.36. The number of nitrogens with one attached hydrogen (secondary N) is 1. The fourth-order valence-electron chi connectivity index (χ4n) is 3.98. The quantitative estimate of drug-likeness (QED) is 0.855. The smallest absolute Gasteiger partial charge is 0.274 e. The van der Waals surface area contributed by atoms with E-state index in [-0.39, 0.29) is 5.91 Å². The van der Waals surface area contributed by atoms with Crippen LogP contribution in [0.25, 0.3) is 0 Å². The molecule has 0 saturated heterocycles. The molecule has 1 amide bonds. The van der Waals surface area contributed by atoms with Crippen molar-refractivity contribution in [3.05, 3.63) is 53.5 Å². The normalized spacial score (nSPS) is 18.1. The van der Waals surface area contributed by atoms with Gasteiger partial charge >= 0.3 is 0 Å². The van der Waals surface area contributed by atoms with E-state index in [0.717, 1.165) is 18.8 Å². The Morgan fingerprint density at radius 3 is 2.50 bits per heavy atom. The van der Waals surface area contributed by atoms with Gasteiger partial charge < -0.3 is 10.2 Å². The number of fused-ring (bicyclic) bond motifs is 1. The molecule has 2 heterocycles. The number of nitrogens with zero attached hydrogens (tertiary/aromatic N) is 3. The average Bonchev–Trinajstić information content (AvgIpc) is 2.96. The predicted molar refractivity (Wildman–Crippen MR) is 102 cm³/mol. The highest BCUT2D eigenvalue weighted by molar-refractivity contribution is 5.92. The van der Waals surface area contributed by atoms with Gasteiger partial charge in [-0.05, 0) is 30.4 Å². The van der Waals surface area contributed by atoms with Gasteiger partial charge in [0, 0.05) is 19.1 Å². The lowest BCUT2D eigenvalue weighted by molar-refractivity contribution is 0.0728. The molecule has 5 nitrogen and oxygen atoms in total. The van der Waals surface area contributed by atoms with E-state index < -0.39 is 0 Å². The summed E-state index contributed by atoms with van der Waals surface area (Å²) < 4.78 is 0. The van der Waals surface area contributed by atoms with E-state index in [1.54, 1.807) is 12.4 Å². The highest BCUT2D eigenvalue weighted by atomic mass is 16.2. The van der Waals surface area contributed by atoms with Crippen LogP contribution < -0.4 is 5.32 Å². The zero-order chi connectivity index (χ0) is 17.8. The van der Waals surface area contributed by atoms with Crippen LogP contribution in [0.2, 0.25) is 0 Å². The summed E-state index contributed by atoms with van der Waals surface area (Å²) in [6.45, 7) is 1.39. The molecule has 0 bridgehead atoms. The van der Waals surface area contributed by atoms with Crippen molar-refractivity contribution >= 4 is 11.7 Å². The number of benzene rings is 1. The Bertz CT molecular complexity index is 751. The molecule has 0 atom stereocenters. The molecule has 5 heteroatoms. The third-order valence-corrected chi connectivity index (χ3v) is 5.50. The molecular formula is C21H26N4O. The molecule has 136 valence electrons. The number of carbonyl (C=O) groups excluding carboxylic acids is 1. The molecule has 2 aromatic rings. The number of anilines is 1. The van der Waals surface area contributed by atoms with Crippen LogP contribution in [0.5, 0.6) is 0 Å². The van der Waals surface area contributed by atoms with Crippen molar-refractivity contribution in [2.45, 2.75) is 57.5 Å². The summed E-state index contributed by atoms with van der Waals surface area (Å²) in [7, 11) is 0. The van der Waals surface area contributed by atoms with Gasteiger partial charge in [0.1, 0.15) is 11.5 Å². The third kappa shape index (κ3) is 3.87. The second-order valence-electron chi connectivity index (χ2n) is 7.37. The van der Waals surface area contributed by atoms with Crippen LogP contribution in [0, 0.1) is 0 Å². The molecule has 2 aliphatic rings. The van der Waals surface area contributed by atoms with Crippen LogP contribution in [0.3, 0.4) is 0 Å². The first kappa shape index (κ1) is 17.0. The minimum absolute atomic E-state index is 0.0342. The van der Waals surface area contributed by atoms with E-state index in [9.17, 15) is 4.79 Å².